The molecule has 0 radical (unpaired) electrons. The molecule has 6 nitrogen and oxygen atoms in total. The molecule has 1 atom stereocenters. The van der Waals surface area contributed by atoms with Crippen LogP contribution in [0.2, 0.25) is 0 Å². The Hall–Kier alpha value is -2.34. The van der Waals surface area contributed by atoms with Crippen molar-refractivity contribution in [3.05, 3.63) is 40.2 Å². The van der Waals surface area contributed by atoms with Gasteiger partial charge in [-0.2, -0.15) is 0 Å². The van der Waals surface area contributed by atoms with Crippen molar-refractivity contribution in [3.8, 4) is 5.75 Å². The lowest BCUT2D eigenvalue weighted by Crippen LogP contribution is -2.37. The third kappa shape index (κ3) is 4.02. The Morgan fingerprint density at radius 3 is 2.92 bits per heavy atom. The third-order valence-electron chi connectivity index (χ3n) is 4.59. The molecule has 2 aromatic rings. The van der Waals surface area contributed by atoms with E-state index in [0.29, 0.717) is 30.8 Å². The molecule has 1 N–H and O–H groups in total. The average Bonchev–Trinajstić information content (AvgIpc) is 3.13. The Bertz CT molecular complexity index is 809. The normalized spacial score (nSPS) is 17.0. The number of aromatic amines is 1. The SMILES string of the molecule is CCC(=O)N(Cc1cc2ccc(OC)cc2[nH]c1=O)CC1CCCO1. The summed E-state index contributed by atoms with van der Waals surface area (Å²) >= 11 is 0. The number of aromatic nitrogens is 1. The third-order valence-corrected chi connectivity index (χ3v) is 4.59. The van der Waals surface area contributed by atoms with E-state index in [2.05, 4.69) is 4.98 Å². The summed E-state index contributed by atoms with van der Waals surface area (Å²) in [5.74, 6) is 0.724. The standard InChI is InChI=1S/C19H24N2O4/c1-3-18(22)21(12-16-5-4-8-25-16)11-14-9-13-6-7-15(24-2)10-17(13)20-19(14)23/h6-7,9-10,16H,3-5,8,11-12H2,1-2H3,(H,20,23). The van der Waals surface area contributed by atoms with Crippen molar-refractivity contribution in [2.24, 2.45) is 0 Å². The number of carbonyl (C=O) groups excluding carboxylic acids is 1. The van der Waals surface area contributed by atoms with Crippen molar-refractivity contribution in [1.82, 2.24) is 9.88 Å². The van der Waals surface area contributed by atoms with Crippen LogP contribution in [-0.4, -0.2) is 42.2 Å². The first kappa shape index (κ1) is 17.5. The van der Waals surface area contributed by atoms with Gasteiger partial charge in [0.2, 0.25) is 5.91 Å². The summed E-state index contributed by atoms with van der Waals surface area (Å²) in [4.78, 5) is 29.4. The van der Waals surface area contributed by atoms with Gasteiger partial charge in [-0.1, -0.05) is 6.92 Å². The molecule has 134 valence electrons. The molecular weight excluding hydrogens is 320 g/mol. The maximum atomic E-state index is 12.5. The monoisotopic (exact) mass is 344 g/mol. The van der Waals surface area contributed by atoms with Gasteiger partial charge in [0.25, 0.3) is 5.56 Å². The van der Waals surface area contributed by atoms with Crippen LogP contribution >= 0.6 is 0 Å². The van der Waals surface area contributed by atoms with Gasteiger partial charge in [-0.3, -0.25) is 9.59 Å². The number of amides is 1. The lowest BCUT2D eigenvalue weighted by molar-refractivity contribution is -0.133. The van der Waals surface area contributed by atoms with Crippen LogP contribution in [0.3, 0.4) is 0 Å². The molecule has 1 aliphatic heterocycles. The van der Waals surface area contributed by atoms with E-state index in [9.17, 15) is 9.59 Å². The number of hydrogen-bond acceptors (Lipinski definition) is 4. The van der Waals surface area contributed by atoms with E-state index in [1.807, 2.05) is 25.1 Å². The Morgan fingerprint density at radius 2 is 2.24 bits per heavy atom. The predicted molar refractivity (Wildman–Crippen MR) is 95.8 cm³/mol. The maximum absolute atomic E-state index is 12.5. The molecule has 1 aliphatic rings. The molecule has 1 amide bonds. The zero-order chi connectivity index (χ0) is 17.8. The minimum absolute atomic E-state index is 0.0322. The number of rotatable bonds is 6. The van der Waals surface area contributed by atoms with Crippen molar-refractivity contribution in [1.29, 1.82) is 0 Å². The molecule has 2 heterocycles. The smallest absolute Gasteiger partial charge is 0.253 e. The summed E-state index contributed by atoms with van der Waals surface area (Å²) in [7, 11) is 1.59. The molecule has 1 aromatic carbocycles. The van der Waals surface area contributed by atoms with Crippen molar-refractivity contribution >= 4 is 16.8 Å². The number of carbonyl (C=O) groups is 1. The number of nitrogens with one attached hydrogen (secondary N) is 1. The van der Waals surface area contributed by atoms with Gasteiger partial charge in [-0.15, -0.1) is 0 Å². The van der Waals surface area contributed by atoms with Gasteiger partial charge in [0, 0.05) is 31.2 Å². The fourth-order valence-electron chi connectivity index (χ4n) is 3.19. The first-order valence-electron chi connectivity index (χ1n) is 8.70. The Kier molecular flexibility index (Phi) is 5.38. The largest absolute Gasteiger partial charge is 0.497 e. The van der Waals surface area contributed by atoms with E-state index in [4.69, 9.17) is 9.47 Å². The highest BCUT2D eigenvalue weighted by atomic mass is 16.5. The number of hydrogen-bond donors (Lipinski definition) is 1. The van der Waals surface area contributed by atoms with Crippen molar-refractivity contribution in [2.45, 2.75) is 38.8 Å². The fourth-order valence-corrected chi connectivity index (χ4v) is 3.19. The highest BCUT2D eigenvalue weighted by Crippen LogP contribution is 2.20. The van der Waals surface area contributed by atoms with Crippen LogP contribution in [0, 0.1) is 0 Å². The second-order valence-corrected chi connectivity index (χ2v) is 6.34. The van der Waals surface area contributed by atoms with E-state index in [-0.39, 0.29) is 17.6 Å². The second-order valence-electron chi connectivity index (χ2n) is 6.34. The van der Waals surface area contributed by atoms with Gasteiger partial charge in [0.15, 0.2) is 0 Å². The molecule has 1 aromatic heterocycles. The molecular formula is C19H24N2O4. The van der Waals surface area contributed by atoms with E-state index in [1.54, 1.807) is 18.1 Å². The minimum atomic E-state index is -0.179. The lowest BCUT2D eigenvalue weighted by Gasteiger charge is -2.25. The van der Waals surface area contributed by atoms with E-state index in [1.165, 1.54) is 0 Å². The molecule has 3 rings (SSSR count). The summed E-state index contributed by atoms with van der Waals surface area (Å²) in [5.41, 5.74) is 1.13. The maximum Gasteiger partial charge on any atom is 0.253 e. The molecule has 0 spiro atoms. The topological polar surface area (TPSA) is 71.6 Å². The molecule has 25 heavy (non-hydrogen) atoms. The van der Waals surface area contributed by atoms with Crippen LogP contribution in [-0.2, 0) is 16.1 Å². The van der Waals surface area contributed by atoms with Crippen LogP contribution in [0.4, 0.5) is 0 Å². The Balaban J connectivity index is 1.86. The summed E-state index contributed by atoms with van der Waals surface area (Å²) < 4.78 is 10.8. The number of fused-ring (bicyclic) bond motifs is 1. The molecule has 1 unspecified atom stereocenters. The van der Waals surface area contributed by atoms with Crippen LogP contribution in [0.15, 0.2) is 29.1 Å². The van der Waals surface area contributed by atoms with Crippen LogP contribution in [0.5, 0.6) is 5.75 Å². The van der Waals surface area contributed by atoms with Gasteiger partial charge >= 0.3 is 0 Å². The second kappa shape index (κ2) is 7.70. The fraction of sp³-hybridized carbons (Fsp3) is 0.474. The summed E-state index contributed by atoms with van der Waals surface area (Å²) in [6, 6.07) is 7.40. The molecule has 0 saturated carbocycles. The Labute approximate surface area is 146 Å². The number of benzene rings is 1. The molecule has 0 bridgehead atoms. The van der Waals surface area contributed by atoms with E-state index < -0.39 is 0 Å². The summed E-state index contributed by atoms with van der Waals surface area (Å²) in [6.07, 6.45) is 2.47. The van der Waals surface area contributed by atoms with Crippen LogP contribution in [0.25, 0.3) is 10.9 Å². The molecule has 0 aliphatic carbocycles. The highest BCUT2D eigenvalue weighted by Gasteiger charge is 2.22. The number of H-pyrrole nitrogens is 1. The minimum Gasteiger partial charge on any atom is -0.497 e. The zero-order valence-corrected chi connectivity index (χ0v) is 14.7. The molecule has 1 saturated heterocycles. The number of ether oxygens (including phenoxy) is 2. The van der Waals surface area contributed by atoms with Crippen molar-refractivity contribution < 1.29 is 14.3 Å². The Morgan fingerprint density at radius 1 is 1.40 bits per heavy atom. The quantitative estimate of drug-likeness (QED) is 0.874. The van der Waals surface area contributed by atoms with Crippen molar-refractivity contribution in [2.75, 3.05) is 20.3 Å². The average molecular weight is 344 g/mol. The van der Waals surface area contributed by atoms with Gasteiger partial charge in [-0.05, 0) is 36.4 Å². The summed E-state index contributed by atoms with van der Waals surface area (Å²) in [5, 5.41) is 0.913. The molecule has 6 heteroatoms. The summed E-state index contributed by atoms with van der Waals surface area (Å²) in [6.45, 7) is 3.41. The first-order chi connectivity index (χ1) is 12.1. The predicted octanol–water partition coefficient (Wildman–Crippen LogP) is 2.45. The number of pyridine rings is 1. The van der Waals surface area contributed by atoms with Gasteiger partial charge in [-0.25, -0.2) is 0 Å². The lowest BCUT2D eigenvalue weighted by atomic mass is 10.1. The molecule has 1 fully saturated rings. The van der Waals surface area contributed by atoms with Gasteiger partial charge in [0.1, 0.15) is 5.75 Å². The van der Waals surface area contributed by atoms with Gasteiger partial charge in [0.05, 0.1) is 25.3 Å². The van der Waals surface area contributed by atoms with E-state index in [0.717, 1.165) is 30.4 Å². The van der Waals surface area contributed by atoms with Crippen LogP contribution < -0.4 is 10.3 Å². The highest BCUT2D eigenvalue weighted by molar-refractivity contribution is 5.81. The van der Waals surface area contributed by atoms with Crippen LogP contribution in [0.1, 0.15) is 31.7 Å². The zero-order valence-electron chi connectivity index (χ0n) is 14.7. The van der Waals surface area contributed by atoms with E-state index >= 15 is 0 Å². The first-order valence-corrected chi connectivity index (χ1v) is 8.70. The van der Waals surface area contributed by atoms with Crippen molar-refractivity contribution in [3.63, 3.8) is 0 Å². The number of nitrogens with zero attached hydrogens (tertiary/aromatic N) is 1. The van der Waals surface area contributed by atoms with Gasteiger partial charge < -0.3 is 19.4 Å². The number of methoxy groups -OCH3 is 1.